The molecule has 1 aliphatic rings. The largest absolute Gasteiger partial charge is 0.496 e. The molecule has 1 atom stereocenters. The third-order valence-corrected chi connectivity index (χ3v) is 3.91. The monoisotopic (exact) mass is 273 g/mol. The zero-order chi connectivity index (χ0) is 13.9. The van der Waals surface area contributed by atoms with Gasteiger partial charge in [-0.3, -0.25) is 4.79 Å². The maximum Gasteiger partial charge on any atom is 0.165 e. The molecular weight excluding hydrogens is 254 g/mol. The van der Waals surface area contributed by atoms with Crippen molar-refractivity contribution in [1.29, 1.82) is 0 Å². The quantitative estimate of drug-likeness (QED) is 0.850. The van der Waals surface area contributed by atoms with E-state index in [0.717, 1.165) is 48.1 Å². The van der Waals surface area contributed by atoms with Gasteiger partial charge < -0.3 is 14.5 Å². The van der Waals surface area contributed by atoms with Crippen molar-refractivity contribution in [2.45, 2.75) is 31.8 Å². The summed E-state index contributed by atoms with van der Waals surface area (Å²) in [5.74, 6) is 0.889. The molecule has 1 fully saturated rings. The number of hydrogen-bond donors (Lipinski definition) is 1. The predicted octanol–water partition coefficient (Wildman–Crippen LogP) is 3.32. The van der Waals surface area contributed by atoms with Crippen LogP contribution in [0.25, 0.3) is 10.9 Å². The summed E-state index contributed by atoms with van der Waals surface area (Å²) >= 11 is 0. The van der Waals surface area contributed by atoms with Gasteiger partial charge in [-0.25, -0.2) is 0 Å². The number of carbonyl (C=O) groups excluding carboxylic acids is 1. The Morgan fingerprint density at radius 3 is 3.15 bits per heavy atom. The molecule has 2 aromatic rings. The topological polar surface area (TPSA) is 51.3 Å². The van der Waals surface area contributed by atoms with Gasteiger partial charge >= 0.3 is 0 Å². The minimum absolute atomic E-state index is 0.149. The number of rotatable bonds is 5. The van der Waals surface area contributed by atoms with E-state index in [0.29, 0.717) is 6.42 Å². The number of benzene rings is 1. The number of aromatic amines is 1. The summed E-state index contributed by atoms with van der Waals surface area (Å²) in [4.78, 5) is 15.6. The van der Waals surface area contributed by atoms with E-state index in [1.54, 1.807) is 13.3 Å². The van der Waals surface area contributed by atoms with Gasteiger partial charge in [0, 0.05) is 30.3 Å². The van der Waals surface area contributed by atoms with Crippen molar-refractivity contribution in [3.63, 3.8) is 0 Å². The number of ether oxygens (including phenoxy) is 2. The molecule has 0 spiro atoms. The molecule has 4 heteroatoms. The van der Waals surface area contributed by atoms with Crippen molar-refractivity contribution in [1.82, 2.24) is 4.98 Å². The van der Waals surface area contributed by atoms with Crippen LogP contribution in [-0.2, 0) is 4.74 Å². The molecule has 0 bridgehead atoms. The van der Waals surface area contributed by atoms with Gasteiger partial charge in [0.25, 0.3) is 0 Å². The third kappa shape index (κ3) is 2.43. The van der Waals surface area contributed by atoms with Crippen LogP contribution in [0.4, 0.5) is 0 Å². The van der Waals surface area contributed by atoms with Crippen molar-refractivity contribution in [3.05, 3.63) is 30.0 Å². The summed E-state index contributed by atoms with van der Waals surface area (Å²) in [6.07, 6.45) is 5.55. The average Bonchev–Trinajstić information content (AvgIpc) is 3.13. The normalized spacial score (nSPS) is 18.6. The highest BCUT2D eigenvalue weighted by Gasteiger charge is 2.20. The molecule has 3 rings (SSSR count). The second-order valence-corrected chi connectivity index (χ2v) is 5.18. The molecule has 20 heavy (non-hydrogen) atoms. The Balaban J connectivity index is 1.80. The van der Waals surface area contributed by atoms with E-state index < -0.39 is 0 Å². The molecule has 2 heterocycles. The first-order valence-corrected chi connectivity index (χ1v) is 7.08. The summed E-state index contributed by atoms with van der Waals surface area (Å²) in [6, 6.07) is 5.75. The first-order chi connectivity index (χ1) is 9.79. The summed E-state index contributed by atoms with van der Waals surface area (Å²) in [7, 11) is 1.63. The van der Waals surface area contributed by atoms with Crippen molar-refractivity contribution in [2.24, 2.45) is 0 Å². The Morgan fingerprint density at radius 1 is 1.50 bits per heavy atom. The van der Waals surface area contributed by atoms with E-state index in [9.17, 15) is 4.79 Å². The molecular formula is C16H19NO3. The second-order valence-electron chi connectivity index (χ2n) is 5.18. The van der Waals surface area contributed by atoms with Gasteiger partial charge in [0.1, 0.15) is 5.75 Å². The predicted molar refractivity (Wildman–Crippen MR) is 77.4 cm³/mol. The highest BCUT2D eigenvalue weighted by molar-refractivity contribution is 6.09. The molecule has 0 amide bonds. The molecule has 1 unspecified atom stereocenters. The smallest absolute Gasteiger partial charge is 0.165 e. The van der Waals surface area contributed by atoms with Crippen LogP contribution in [0.3, 0.4) is 0 Å². The van der Waals surface area contributed by atoms with E-state index in [2.05, 4.69) is 4.98 Å². The molecule has 1 N–H and O–H groups in total. The van der Waals surface area contributed by atoms with Gasteiger partial charge in [0.05, 0.1) is 18.6 Å². The zero-order valence-corrected chi connectivity index (χ0v) is 11.6. The fourth-order valence-electron chi connectivity index (χ4n) is 2.84. The van der Waals surface area contributed by atoms with Gasteiger partial charge in [0.2, 0.25) is 0 Å². The minimum atomic E-state index is 0.149. The third-order valence-electron chi connectivity index (χ3n) is 3.91. The van der Waals surface area contributed by atoms with Crippen LogP contribution in [0.15, 0.2) is 24.4 Å². The number of Topliss-reactive ketones (excluding diaryl/α,β-unsaturated/α-hetero) is 1. The van der Waals surface area contributed by atoms with E-state index in [1.807, 2.05) is 18.2 Å². The highest BCUT2D eigenvalue weighted by atomic mass is 16.5. The minimum Gasteiger partial charge on any atom is -0.496 e. The fraction of sp³-hybridized carbons (Fsp3) is 0.438. The molecule has 0 saturated carbocycles. The molecule has 0 radical (unpaired) electrons. The SMILES string of the molecule is COc1cccc2[nH]cc(C(=O)CCC3CCCO3)c12. The Kier molecular flexibility index (Phi) is 3.74. The second kappa shape index (κ2) is 5.67. The number of methoxy groups -OCH3 is 1. The van der Waals surface area contributed by atoms with Crippen LogP contribution < -0.4 is 4.74 Å². The van der Waals surface area contributed by atoms with Crippen molar-refractivity contribution in [3.8, 4) is 5.75 Å². The molecule has 0 aliphatic carbocycles. The zero-order valence-electron chi connectivity index (χ0n) is 11.6. The van der Waals surface area contributed by atoms with Crippen LogP contribution >= 0.6 is 0 Å². The summed E-state index contributed by atoms with van der Waals surface area (Å²) < 4.78 is 10.9. The van der Waals surface area contributed by atoms with Gasteiger partial charge in [-0.15, -0.1) is 0 Å². The number of ketones is 1. The van der Waals surface area contributed by atoms with Crippen LogP contribution in [0, 0.1) is 0 Å². The van der Waals surface area contributed by atoms with Crippen LogP contribution in [-0.4, -0.2) is 30.6 Å². The Bertz CT molecular complexity index is 611. The number of H-pyrrole nitrogens is 1. The number of fused-ring (bicyclic) bond motifs is 1. The van der Waals surface area contributed by atoms with E-state index in [-0.39, 0.29) is 11.9 Å². The van der Waals surface area contributed by atoms with Crippen LogP contribution in [0.5, 0.6) is 5.75 Å². The average molecular weight is 273 g/mol. The fourth-order valence-corrected chi connectivity index (χ4v) is 2.84. The van der Waals surface area contributed by atoms with Crippen LogP contribution in [0.1, 0.15) is 36.0 Å². The van der Waals surface area contributed by atoms with E-state index >= 15 is 0 Å². The van der Waals surface area contributed by atoms with Crippen molar-refractivity contribution < 1.29 is 14.3 Å². The van der Waals surface area contributed by atoms with E-state index in [4.69, 9.17) is 9.47 Å². The Labute approximate surface area is 118 Å². The summed E-state index contributed by atoms with van der Waals surface area (Å²) in [5, 5.41) is 0.882. The lowest BCUT2D eigenvalue weighted by Gasteiger charge is -2.08. The number of carbonyl (C=O) groups is 1. The molecule has 1 aromatic carbocycles. The highest BCUT2D eigenvalue weighted by Crippen LogP contribution is 2.30. The van der Waals surface area contributed by atoms with Crippen molar-refractivity contribution >= 4 is 16.7 Å². The first kappa shape index (κ1) is 13.2. The molecule has 1 saturated heterocycles. The lowest BCUT2D eigenvalue weighted by Crippen LogP contribution is -2.08. The van der Waals surface area contributed by atoms with Crippen LogP contribution in [0.2, 0.25) is 0 Å². The number of nitrogens with one attached hydrogen (secondary N) is 1. The van der Waals surface area contributed by atoms with Gasteiger partial charge in [-0.1, -0.05) is 6.07 Å². The van der Waals surface area contributed by atoms with E-state index in [1.165, 1.54) is 0 Å². The standard InChI is InChI=1S/C16H19NO3/c1-19-15-6-2-5-13-16(15)12(10-17-13)14(18)8-7-11-4-3-9-20-11/h2,5-6,10-11,17H,3-4,7-9H2,1H3. The number of hydrogen-bond acceptors (Lipinski definition) is 3. The van der Waals surface area contributed by atoms with Crippen molar-refractivity contribution in [2.75, 3.05) is 13.7 Å². The van der Waals surface area contributed by atoms with Gasteiger partial charge in [-0.2, -0.15) is 0 Å². The first-order valence-electron chi connectivity index (χ1n) is 7.08. The van der Waals surface area contributed by atoms with Gasteiger partial charge in [0.15, 0.2) is 5.78 Å². The molecule has 1 aliphatic heterocycles. The Hall–Kier alpha value is -1.81. The molecule has 106 valence electrons. The van der Waals surface area contributed by atoms with Gasteiger partial charge in [-0.05, 0) is 31.4 Å². The lowest BCUT2D eigenvalue weighted by atomic mass is 10.0. The molecule has 1 aromatic heterocycles. The molecule has 4 nitrogen and oxygen atoms in total. The lowest BCUT2D eigenvalue weighted by molar-refractivity contribution is 0.0860. The maximum atomic E-state index is 12.4. The summed E-state index contributed by atoms with van der Waals surface area (Å²) in [6.45, 7) is 0.833. The maximum absolute atomic E-state index is 12.4. The summed E-state index contributed by atoms with van der Waals surface area (Å²) in [5.41, 5.74) is 1.65. The number of aromatic nitrogens is 1. The Morgan fingerprint density at radius 2 is 2.40 bits per heavy atom.